The van der Waals surface area contributed by atoms with E-state index in [4.69, 9.17) is 5.73 Å². The molecule has 0 radical (unpaired) electrons. The van der Waals surface area contributed by atoms with E-state index in [0.29, 0.717) is 5.69 Å². The average Bonchev–Trinajstić information content (AvgIpc) is 3.23. The van der Waals surface area contributed by atoms with Crippen LogP contribution in [0.15, 0.2) is 48.5 Å². The Morgan fingerprint density at radius 1 is 1.20 bits per heavy atom. The summed E-state index contributed by atoms with van der Waals surface area (Å²) < 4.78 is 13.6. The van der Waals surface area contributed by atoms with Crippen molar-refractivity contribution in [3.63, 3.8) is 0 Å². The number of amides is 1. The minimum absolute atomic E-state index is 0.0747. The van der Waals surface area contributed by atoms with Crippen LogP contribution in [-0.2, 0) is 4.79 Å². The highest BCUT2D eigenvalue weighted by molar-refractivity contribution is 5.95. The number of nitrogens with two attached hydrogens (primary N) is 1. The molecule has 0 heterocycles. The molecule has 1 saturated carbocycles. The SMILES string of the molecule is Nc1ccc(NC(=O)C2CC2c2ccccc2)c(F)c1. The molecule has 4 heteroatoms. The zero-order valence-electron chi connectivity index (χ0n) is 10.8. The van der Waals surface area contributed by atoms with Gasteiger partial charge in [0.2, 0.25) is 5.91 Å². The Labute approximate surface area is 116 Å². The largest absolute Gasteiger partial charge is 0.399 e. The normalized spacial score (nSPS) is 20.4. The van der Waals surface area contributed by atoms with Crippen LogP contribution >= 0.6 is 0 Å². The van der Waals surface area contributed by atoms with Crippen LogP contribution in [0.4, 0.5) is 15.8 Å². The Kier molecular flexibility index (Phi) is 3.14. The van der Waals surface area contributed by atoms with Gasteiger partial charge in [0.25, 0.3) is 0 Å². The van der Waals surface area contributed by atoms with Gasteiger partial charge >= 0.3 is 0 Å². The summed E-state index contributed by atoms with van der Waals surface area (Å²) in [6.07, 6.45) is 0.812. The van der Waals surface area contributed by atoms with Crippen molar-refractivity contribution in [3.8, 4) is 0 Å². The number of nitrogens with one attached hydrogen (secondary N) is 1. The molecule has 2 aromatic carbocycles. The standard InChI is InChI=1S/C16H15FN2O/c17-14-8-11(18)6-7-15(14)19-16(20)13-9-12(13)10-4-2-1-3-5-10/h1-8,12-13H,9,18H2,(H,19,20). The van der Waals surface area contributed by atoms with Gasteiger partial charge in [0, 0.05) is 11.6 Å². The molecule has 0 aliphatic heterocycles. The summed E-state index contributed by atoms with van der Waals surface area (Å²) in [5, 5.41) is 2.63. The lowest BCUT2D eigenvalue weighted by atomic mass is 10.1. The van der Waals surface area contributed by atoms with Gasteiger partial charge in [-0.25, -0.2) is 4.39 Å². The molecule has 0 bridgehead atoms. The molecule has 102 valence electrons. The van der Waals surface area contributed by atoms with Crippen molar-refractivity contribution in [1.82, 2.24) is 0 Å². The number of benzene rings is 2. The quantitative estimate of drug-likeness (QED) is 0.842. The summed E-state index contributed by atoms with van der Waals surface area (Å²) in [6, 6.07) is 14.2. The first kappa shape index (κ1) is 12.7. The molecular weight excluding hydrogens is 255 g/mol. The smallest absolute Gasteiger partial charge is 0.228 e. The fourth-order valence-electron chi connectivity index (χ4n) is 2.41. The van der Waals surface area contributed by atoms with E-state index in [1.165, 1.54) is 12.1 Å². The van der Waals surface area contributed by atoms with Crippen LogP contribution in [0.2, 0.25) is 0 Å². The van der Waals surface area contributed by atoms with Crippen LogP contribution in [0.25, 0.3) is 0 Å². The van der Waals surface area contributed by atoms with Crippen molar-refractivity contribution in [1.29, 1.82) is 0 Å². The second-order valence-corrected chi connectivity index (χ2v) is 5.09. The number of hydrogen-bond donors (Lipinski definition) is 2. The van der Waals surface area contributed by atoms with E-state index in [1.807, 2.05) is 30.3 Å². The van der Waals surface area contributed by atoms with Crippen LogP contribution in [0, 0.1) is 11.7 Å². The third-order valence-corrected chi connectivity index (χ3v) is 3.61. The first-order valence-electron chi connectivity index (χ1n) is 6.56. The van der Waals surface area contributed by atoms with Gasteiger partial charge in [-0.1, -0.05) is 30.3 Å². The lowest BCUT2D eigenvalue weighted by Gasteiger charge is -2.07. The van der Waals surface area contributed by atoms with Gasteiger partial charge in [0.1, 0.15) is 5.82 Å². The van der Waals surface area contributed by atoms with Crippen LogP contribution in [0.1, 0.15) is 17.9 Å². The first-order chi connectivity index (χ1) is 9.65. The number of hydrogen-bond acceptors (Lipinski definition) is 2. The molecule has 1 amide bonds. The lowest BCUT2D eigenvalue weighted by molar-refractivity contribution is -0.117. The summed E-state index contributed by atoms with van der Waals surface area (Å²) in [4.78, 5) is 12.1. The van der Waals surface area contributed by atoms with Crippen molar-refractivity contribution >= 4 is 17.3 Å². The molecule has 1 aliphatic rings. The third-order valence-electron chi connectivity index (χ3n) is 3.61. The second kappa shape index (κ2) is 4.96. The van der Waals surface area contributed by atoms with Gasteiger partial charge < -0.3 is 11.1 Å². The van der Waals surface area contributed by atoms with Crippen molar-refractivity contribution in [2.24, 2.45) is 5.92 Å². The van der Waals surface area contributed by atoms with Gasteiger partial charge in [0.05, 0.1) is 5.69 Å². The van der Waals surface area contributed by atoms with Gasteiger partial charge in [-0.15, -0.1) is 0 Å². The van der Waals surface area contributed by atoms with E-state index in [2.05, 4.69) is 5.32 Å². The van der Waals surface area contributed by atoms with Crippen LogP contribution in [0.5, 0.6) is 0 Å². The molecule has 1 aliphatic carbocycles. The number of halogens is 1. The summed E-state index contributed by atoms with van der Waals surface area (Å²) in [7, 11) is 0. The molecule has 20 heavy (non-hydrogen) atoms. The highest BCUT2D eigenvalue weighted by atomic mass is 19.1. The van der Waals surface area contributed by atoms with Crippen LogP contribution < -0.4 is 11.1 Å². The molecule has 2 aromatic rings. The molecule has 0 aromatic heterocycles. The number of anilines is 2. The van der Waals surface area contributed by atoms with E-state index in [-0.39, 0.29) is 23.4 Å². The molecule has 1 fully saturated rings. The monoisotopic (exact) mass is 270 g/mol. The fourth-order valence-corrected chi connectivity index (χ4v) is 2.41. The Hall–Kier alpha value is -2.36. The third kappa shape index (κ3) is 2.50. The minimum Gasteiger partial charge on any atom is -0.399 e. The van der Waals surface area contributed by atoms with E-state index >= 15 is 0 Å². The van der Waals surface area contributed by atoms with Gasteiger partial charge in [-0.05, 0) is 36.1 Å². The Balaban J connectivity index is 1.67. The van der Waals surface area contributed by atoms with Crippen molar-refractivity contribution in [2.45, 2.75) is 12.3 Å². The maximum Gasteiger partial charge on any atom is 0.228 e. The summed E-state index contributed by atoms with van der Waals surface area (Å²) in [5.74, 6) is -0.472. The summed E-state index contributed by atoms with van der Waals surface area (Å²) in [6.45, 7) is 0. The van der Waals surface area contributed by atoms with E-state index in [9.17, 15) is 9.18 Å². The highest BCUT2D eigenvalue weighted by Crippen LogP contribution is 2.47. The number of rotatable bonds is 3. The molecular formula is C16H15FN2O. The van der Waals surface area contributed by atoms with Crippen LogP contribution in [0.3, 0.4) is 0 Å². The van der Waals surface area contributed by atoms with Crippen molar-refractivity contribution < 1.29 is 9.18 Å². The molecule has 2 unspecified atom stereocenters. The van der Waals surface area contributed by atoms with E-state index in [0.717, 1.165) is 12.0 Å². The van der Waals surface area contributed by atoms with Crippen molar-refractivity contribution in [2.75, 3.05) is 11.1 Å². The molecule has 0 saturated heterocycles. The molecule has 3 nitrogen and oxygen atoms in total. The second-order valence-electron chi connectivity index (χ2n) is 5.09. The Morgan fingerprint density at radius 2 is 1.95 bits per heavy atom. The fraction of sp³-hybridized carbons (Fsp3) is 0.188. The maximum atomic E-state index is 13.6. The predicted molar refractivity (Wildman–Crippen MR) is 76.7 cm³/mol. The molecule has 2 atom stereocenters. The van der Waals surface area contributed by atoms with Gasteiger partial charge in [0.15, 0.2) is 0 Å². The lowest BCUT2D eigenvalue weighted by Crippen LogP contribution is -2.15. The molecule has 3 rings (SSSR count). The van der Waals surface area contributed by atoms with Crippen LogP contribution in [-0.4, -0.2) is 5.91 Å². The van der Waals surface area contributed by atoms with Crippen molar-refractivity contribution in [3.05, 3.63) is 59.9 Å². The maximum absolute atomic E-state index is 13.6. The Bertz CT molecular complexity index is 642. The number of carbonyl (C=O) groups is 1. The summed E-state index contributed by atoms with van der Waals surface area (Å²) in [5.41, 5.74) is 7.16. The summed E-state index contributed by atoms with van der Waals surface area (Å²) >= 11 is 0. The molecule has 3 N–H and O–H groups in total. The predicted octanol–water partition coefficient (Wildman–Crippen LogP) is 3.15. The topological polar surface area (TPSA) is 55.1 Å². The molecule has 0 spiro atoms. The number of nitrogen functional groups attached to an aromatic ring is 1. The van der Waals surface area contributed by atoms with Gasteiger partial charge in [-0.2, -0.15) is 0 Å². The minimum atomic E-state index is -0.504. The Morgan fingerprint density at radius 3 is 2.65 bits per heavy atom. The first-order valence-corrected chi connectivity index (χ1v) is 6.56. The zero-order valence-corrected chi connectivity index (χ0v) is 10.8. The van der Waals surface area contributed by atoms with Gasteiger partial charge in [-0.3, -0.25) is 4.79 Å². The highest BCUT2D eigenvalue weighted by Gasteiger charge is 2.43. The average molecular weight is 270 g/mol. The zero-order chi connectivity index (χ0) is 14.1. The number of carbonyl (C=O) groups excluding carboxylic acids is 1. The van der Waals surface area contributed by atoms with E-state index in [1.54, 1.807) is 6.07 Å². The van der Waals surface area contributed by atoms with E-state index < -0.39 is 5.82 Å².